The van der Waals surface area contributed by atoms with Gasteiger partial charge in [0.2, 0.25) is 0 Å². The summed E-state index contributed by atoms with van der Waals surface area (Å²) in [5.74, 6) is -0.00329. The number of esters is 1. The van der Waals surface area contributed by atoms with Gasteiger partial charge in [0, 0.05) is 54.5 Å². The summed E-state index contributed by atoms with van der Waals surface area (Å²) in [4.78, 5) is 40.7. The Morgan fingerprint density at radius 2 is 1.94 bits per heavy atom. The van der Waals surface area contributed by atoms with E-state index in [2.05, 4.69) is 23.5 Å². The molecule has 0 saturated carbocycles. The number of hydrogen-bond donors (Lipinski definition) is 1. The zero-order valence-electron chi connectivity index (χ0n) is 19.6. The van der Waals surface area contributed by atoms with E-state index in [1.54, 1.807) is 0 Å². The Kier molecular flexibility index (Phi) is 5.19. The van der Waals surface area contributed by atoms with Crippen molar-refractivity contribution in [2.45, 2.75) is 45.6 Å². The average Bonchev–Trinajstić information content (AvgIpc) is 3.22. The largest absolute Gasteiger partial charge is 0.511 e. The van der Waals surface area contributed by atoms with Crippen molar-refractivity contribution in [3.05, 3.63) is 33.6 Å². The molecule has 8 nitrogen and oxygen atoms in total. The molecule has 2 heterocycles. The predicted molar refractivity (Wildman–Crippen MR) is 117 cm³/mol. The van der Waals surface area contributed by atoms with E-state index in [9.17, 15) is 19.5 Å². The lowest BCUT2D eigenvalue weighted by Gasteiger charge is -2.43. The van der Waals surface area contributed by atoms with E-state index >= 15 is 0 Å². The zero-order chi connectivity index (χ0) is 23.7. The third kappa shape index (κ3) is 2.95. The molecule has 5 rings (SSSR count). The fourth-order valence-corrected chi connectivity index (χ4v) is 7.23. The molecule has 178 valence electrons. The van der Waals surface area contributed by atoms with E-state index in [0.717, 1.165) is 31.5 Å². The first-order valence-electron chi connectivity index (χ1n) is 11.7. The summed E-state index contributed by atoms with van der Waals surface area (Å²) in [6.07, 6.45) is 1.32. The van der Waals surface area contributed by atoms with Gasteiger partial charge < -0.3 is 19.3 Å². The van der Waals surface area contributed by atoms with Crippen LogP contribution in [0.3, 0.4) is 0 Å². The number of fused-ring (bicyclic) bond motifs is 1. The Morgan fingerprint density at radius 3 is 2.64 bits per heavy atom. The maximum absolute atomic E-state index is 13.5. The maximum atomic E-state index is 13.5. The number of allylic oxidation sites excluding steroid dienone is 2. The van der Waals surface area contributed by atoms with Crippen molar-refractivity contribution >= 4 is 17.9 Å². The molecule has 5 aliphatic rings. The van der Waals surface area contributed by atoms with E-state index < -0.39 is 12.1 Å². The number of Topliss-reactive ketones (excluding diaryl/α,β-unsaturated/α-hetero) is 1. The van der Waals surface area contributed by atoms with Crippen molar-refractivity contribution in [2.75, 3.05) is 33.9 Å². The lowest BCUT2D eigenvalue weighted by molar-refractivity contribution is -0.135. The number of methoxy groups -OCH3 is 2. The molecule has 3 aliphatic carbocycles. The minimum atomic E-state index is -0.823. The minimum Gasteiger partial charge on any atom is -0.511 e. The minimum absolute atomic E-state index is 0.0195. The molecule has 0 radical (unpaired) electrons. The van der Waals surface area contributed by atoms with Crippen molar-refractivity contribution in [1.29, 1.82) is 0 Å². The summed E-state index contributed by atoms with van der Waals surface area (Å²) >= 11 is 0. The second kappa shape index (κ2) is 7.72. The molecule has 0 aromatic rings. The van der Waals surface area contributed by atoms with Crippen LogP contribution in [-0.2, 0) is 23.8 Å². The SMILES string of the molecule is COC(=O)OCCC1=C(C(=O)OC)C2=C(O)[C@@H]3C[C@H]4N(C[C@H]5CCC(=O)C1=C2[C@]54C)C[C@H]3C. The molecule has 2 aliphatic heterocycles. The molecular formula is C25H31NO7. The monoisotopic (exact) mass is 457 g/mol. The molecule has 2 bridgehead atoms. The summed E-state index contributed by atoms with van der Waals surface area (Å²) in [5, 5.41) is 11.6. The summed E-state index contributed by atoms with van der Waals surface area (Å²) in [6, 6.07) is 0.198. The van der Waals surface area contributed by atoms with Crippen LogP contribution in [0.4, 0.5) is 4.79 Å². The molecule has 0 unspecified atom stereocenters. The average molecular weight is 458 g/mol. The van der Waals surface area contributed by atoms with E-state index in [1.165, 1.54) is 14.2 Å². The standard InChI is InChI=1S/C25H31NO7/c1-12-10-26-11-13-5-6-16(27)18-14(7-8-33-24(30)32-4)19(23(29)31-3)20-21(18)25(13,2)17(26)9-15(12)22(20)28/h12-13,15,17,28H,5-11H2,1-4H3/t12-,13-,15-,17-,25-/m1/s1. The van der Waals surface area contributed by atoms with Gasteiger partial charge in [-0.2, -0.15) is 0 Å². The van der Waals surface area contributed by atoms with Crippen molar-refractivity contribution in [3.63, 3.8) is 0 Å². The fourth-order valence-electron chi connectivity index (χ4n) is 7.23. The Bertz CT molecular complexity index is 1040. The molecule has 0 amide bonds. The Labute approximate surface area is 193 Å². The molecular weight excluding hydrogens is 426 g/mol. The van der Waals surface area contributed by atoms with Gasteiger partial charge in [0.05, 0.1) is 26.4 Å². The summed E-state index contributed by atoms with van der Waals surface area (Å²) in [7, 11) is 2.53. The first-order chi connectivity index (χ1) is 15.7. The predicted octanol–water partition coefficient (Wildman–Crippen LogP) is 3.09. The third-order valence-electron chi connectivity index (χ3n) is 8.75. The third-order valence-corrected chi connectivity index (χ3v) is 8.75. The van der Waals surface area contributed by atoms with Gasteiger partial charge in [-0.1, -0.05) is 13.8 Å². The van der Waals surface area contributed by atoms with E-state index in [1.807, 2.05) is 0 Å². The first-order valence-corrected chi connectivity index (χ1v) is 11.7. The number of aliphatic hydroxyl groups excluding tert-OH is 1. The number of piperidine rings is 1. The second-order valence-corrected chi connectivity index (χ2v) is 10.1. The van der Waals surface area contributed by atoms with Crippen LogP contribution in [0.15, 0.2) is 33.6 Å². The summed E-state index contributed by atoms with van der Waals surface area (Å²) in [5.41, 5.74) is 2.24. The topological polar surface area (TPSA) is 102 Å². The molecule has 2 fully saturated rings. The smallest absolute Gasteiger partial charge is 0.507 e. The number of ether oxygens (including phenoxy) is 3. The van der Waals surface area contributed by atoms with Gasteiger partial charge in [0.1, 0.15) is 5.76 Å². The lowest BCUT2D eigenvalue weighted by atomic mass is 9.65. The van der Waals surface area contributed by atoms with Crippen LogP contribution in [0.25, 0.3) is 0 Å². The van der Waals surface area contributed by atoms with Gasteiger partial charge in [0.15, 0.2) is 5.78 Å². The van der Waals surface area contributed by atoms with E-state index in [4.69, 9.17) is 9.47 Å². The highest BCUT2D eigenvalue weighted by atomic mass is 16.7. The van der Waals surface area contributed by atoms with Gasteiger partial charge >= 0.3 is 12.1 Å². The molecule has 33 heavy (non-hydrogen) atoms. The van der Waals surface area contributed by atoms with Gasteiger partial charge in [-0.25, -0.2) is 9.59 Å². The first kappa shape index (κ1) is 22.2. The van der Waals surface area contributed by atoms with Gasteiger partial charge in [0.25, 0.3) is 0 Å². The molecule has 0 aromatic heterocycles. The highest BCUT2D eigenvalue weighted by Crippen LogP contribution is 2.64. The quantitative estimate of drug-likeness (QED) is 0.643. The Morgan fingerprint density at radius 1 is 1.18 bits per heavy atom. The van der Waals surface area contributed by atoms with Crippen molar-refractivity contribution in [1.82, 2.24) is 4.90 Å². The maximum Gasteiger partial charge on any atom is 0.507 e. The zero-order valence-corrected chi connectivity index (χ0v) is 19.6. The summed E-state index contributed by atoms with van der Waals surface area (Å²) in [6.45, 7) is 6.13. The van der Waals surface area contributed by atoms with E-state index in [0.29, 0.717) is 23.1 Å². The molecule has 2 saturated heterocycles. The second-order valence-electron chi connectivity index (χ2n) is 10.1. The van der Waals surface area contributed by atoms with Crippen LogP contribution in [0, 0.1) is 23.2 Å². The molecule has 0 aromatic carbocycles. The number of aliphatic hydroxyl groups is 1. The van der Waals surface area contributed by atoms with Crippen LogP contribution in [0.2, 0.25) is 0 Å². The van der Waals surface area contributed by atoms with Crippen LogP contribution < -0.4 is 0 Å². The molecule has 5 atom stereocenters. The normalized spacial score (nSPS) is 35.0. The van der Waals surface area contributed by atoms with Crippen LogP contribution >= 0.6 is 0 Å². The van der Waals surface area contributed by atoms with Crippen LogP contribution in [0.1, 0.15) is 39.5 Å². The van der Waals surface area contributed by atoms with Gasteiger partial charge in [-0.3, -0.25) is 9.69 Å². The Balaban J connectivity index is 1.75. The highest BCUT2D eigenvalue weighted by Gasteiger charge is 2.62. The summed E-state index contributed by atoms with van der Waals surface area (Å²) < 4.78 is 14.8. The number of nitrogens with zero attached hydrogens (tertiary/aromatic N) is 1. The van der Waals surface area contributed by atoms with Crippen molar-refractivity contribution in [2.24, 2.45) is 23.2 Å². The molecule has 1 N–H and O–H groups in total. The van der Waals surface area contributed by atoms with Crippen LogP contribution in [0.5, 0.6) is 0 Å². The van der Waals surface area contributed by atoms with Gasteiger partial charge in [-0.05, 0) is 35.8 Å². The number of carbonyl (C=O) groups is 3. The molecule has 8 heteroatoms. The van der Waals surface area contributed by atoms with Crippen molar-refractivity contribution < 1.29 is 33.7 Å². The highest BCUT2D eigenvalue weighted by molar-refractivity contribution is 6.10. The number of carbonyl (C=O) groups excluding carboxylic acids is 3. The molecule has 0 spiro atoms. The number of rotatable bonds is 4. The van der Waals surface area contributed by atoms with Crippen LogP contribution in [-0.4, -0.2) is 67.9 Å². The van der Waals surface area contributed by atoms with E-state index in [-0.39, 0.29) is 59.4 Å². The van der Waals surface area contributed by atoms with Crippen molar-refractivity contribution in [3.8, 4) is 0 Å². The Hall–Kier alpha value is -2.61. The fraction of sp³-hybridized carbons (Fsp3) is 0.640. The number of ketones is 1. The lowest BCUT2D eigenvalue weighted by Crippen LogP contribution is -2.47. The number of hydrogen-bond acceptors (Lipinski definition) is 8. The van der Waals surface area contributed by atoms with Gasteiger partial charge in [-0.15, -0.1) is 0 Å².